The number of aliphatic carboxylic acids is 1. The minimum Gasteiger partial charge on any atom is -0.481 e. The smallest absolute Gasteiger partial charge is 0.311 e. The lowest BCUT2D eigenvalue weighted by Crippen LogP contribution is -2.44. The maximum Gasteiger partial charge on any atom is 0.311 e. The number of benzene rings is 1. The molecule has 0 aliphatic carbocycles. The van der Waals surface area contributed by atoms with Crippen LogP contribution in [0.3, 0.4) is 0 Å². The van der Waals surface area contributed by atoms with E-state index in [2.05, 4.69) is 15.9 Å². The zero-order valence-corrected chi connectivity index (χ0v) is 12.3. The molecule has 1 N–H and O–H groups in total. The van der Waals surface area contributed by atoms with Crippen molar-refractivity contribution in [3.8, 4) is 0 Å². The topological polar surface area (TPSA) is 66.8 Å². The summed E-state index contributed by atoms with van der Waals surface area (Å²) in [7, 11) is 1.50. The van der Waals surface area contributed by atoms with Crippen molar-refractivity contribution in [3.63, 3.8) is 0 Å². The summed E-state index contributed by atoms with van der Waals surface area (Å²) >= 11 is 3.19. The molecule has 0 bridgehead atoms. The van der Waals surface area contributed by atoms with Gasteiger partial charge in [-0.3, -0.25) is 9.59 Å². The van der Waals surface area contributed by atoms with Gasteiger partial charge >= 0.3 is 5.97 Å². The summed E-state index contributed by atoms with van der Waals surface area (Å²) in [5.74, 6) is -2.75. The van der Waals surface area contributed by atoms with Crippen LogP contribution in [0.2, 0.25) is 0 Å². The first kappa shape index (κ1) is 14.9. The van der Waals surface area contributed by atoms with E-state index in [1.54, 1.807) is 0 Å². The fourth-order valence-electron chi connectivity index (χ4n) is 2.16. The lowest BCUT2D eigenvalue weighted by atomic mass is 10.0. The first-order valence-corrected chi connectivity index (χ1v) is 6.74. The zero-order chi connectivity index (χ0) is 14.9. The highest BCUT2D eigenvalue weighted by Crippen LogP contribution is 2.24. The molecule has 1 saturated heterocycles. The van der Waals surface area contributed by atoms with Crippen LogP contribution >= 0.6 is 15.9 Å². The van der Waals surface area contributed by atoms with Gasteiger partial charge in [0.1, 0.15) is 11.7 Å². The maximum atomic E-state index is 13.2. The molecule has 0 spiro atoms. The molecule has 1 heterocycles. The molecule has 2 rings (SSSR count). The molecule has 0 aromatic heterocycles. The number of likely N-dealkylation sites (N-methyl/N-ethyl adjacent to an activating group) is 1. The molecule has 108 valence electrons. The molecular weight excluding hydrogens is 333 g/mol. The summed E-state index contributed by atoms with van der Waals surface area (Å²) in [6, 6.07) is 3.24. The third-order valence-corrected chi connectivity index (χ3v) is 4.04. The molecule has 20 heavy (non-hydrogen) atoms. The monoisotopic (exact) mass is 345 g/mol. The van der Waals surface area contributed by atoms with E-state index in [1.807, 2.05) is 0 Å². The molecule has 7 heteroatoms. The Balaban J connectivity index is 2.24. The molecule has 5 nitrogen and oxygen atoms in total. The van der Waals surface area contributed by atoms with Gasteiger partial charge in [-0.1, -0.05) is 0 Å². The summed E-state index contributed by atoms with van der Waals surface area (Å²) in [6.07, 6.45) is 0. The summed E-state index contributed by atoms with van der Waals surface area (Å²) in [6.45, 7) is 0.230. The minimum absolute atomic E-state index is 0.0714. The first-order chi connectivity index (χ1) is 9.41. The van der Waals surface area contributed by atoms with E-state index in [1.165, 1.54) is 24.1 Å². The second-order valence-electron chi connectivity index (χ2n) is 4.59. The minimum atomic E-state index is -1.01. The van der Waals surface area contributed by atoms with Crippen molar-refractivity contribution in [2.45, 2.75) is 6.04 Å². The predicted octanol–water partition coefficient (Wildman–Crippen LogP) is 1.76. The number of rotatable bonds is 3. The van der Waals surface area contributed by atoms with E-state index < -0.39 is 29.7 Å². The highest BCUT2D eigenvalue weighted by atomic mass is 79.9. The molecule has 2 atom stereocenters. The average Bonchev–Trinajstić information content (AvgIpc) is 2.89. The molecule has 2 unspecified atom stereocenters. The normalized spacial score (nSPS) is 21.8. The van der Waals surface area contributed by atoms with Crippen molar-refractivity contribution in [3.05, 3.63) is 34.1 Å². The highest BCUT2D eigenvalue weighted by Gasteiger charge is 2.39. The quantitative estimate of drug-likeness (QED) is 0.906. The molecule has 1 fully saturated rings. The van der Waals surface area contributed by atoms with Gasteiger partial charge in [0, 0.05) is 11.5 Å². The molecule has 1 aromatic rings. The van der Waals surface area contributed by atoms with Crippen molar-refractivity contribution < 1.29 is 23.8 Å². The predicted molar refractivity (Wildman–Crippen MR) is 71.9 cm³/mol. The second kappa shape index (κ2) is 5.88. The molecule has 1 aromatic carbocycles. The van der Waals surface area contributed by atoms with Gasteiger partial charge in [-0.15, -0.1) is 0 Å². The fraction of sp³-hybridized carbons (Fsp3) is 0.385. The Bertz CT molecular complexity index is 551. The number of hydrogen-bond donors (Lipinski definition) is 1. The number of carboxylic acids is 1. The number of ether oxygens (including phenoxy) is 1. The van der Waals surface area contributed by atoms with Crippen LogP contribution in [-0.4, -0.2) is 48.2 Å². The van der Waals surface area contributed by atoms with Crippen molar-refractivity contribution in [1.29, 1.82) is 0 Å². The van der Waals surface area contributed by atoms with Gasteiger partial charge in [-0.25, -0.2) is 4.39 Å². The average molecular weight is 346 g/mol. The third kappa shape index (κ3) is 2.83. The van der Waals surface area contributed by atoms with Crippen LogP contribution in [0.5, 0.6) is 0 Å². The van der Waals surface area contributed by atoms with Crippen LogP contribution in [0.1, 0.15) is 10.4 Å². The molecule has 1 aliphatic rings. The molecule has 1 aliphatic heterocycles. The largest absolute Gasteiger partial charge is 0.481 e. The van der Waals surface area contributed by atoms with E-state index in [4.69, 9.17) is 9.84 Å². The van der Waals surface area contributed by atoms with Gasteiger partial charge in [0.2, 0.25) is 0 Å². The van der Waals surface area contributed by atoms with Crippen molar-refractivity contribution in [2.75, 3.05) is 20.3 Å². The van der Waals surface area contributed by atoms with Crippen molar-refractivity contribution in [1.82, 2.24) is 4.90 Å². The Hall–Kier alpha value is -1.47. The van der Waals surface area contributed by atoms with Gasteiger partial charge < -0.3 is 14.7 Å². The van der Waals surface area contributed by atoms with E-state index in [0.717, 1.165) is 6.07 Å². The lowest BCUT2D eigenvalue weighted by Gasteiger charge is -2.26. The molecule has 0 radical (unpaired) electrons. The van der Waals surface area contributed by atoms with E-state index >= 15 is 0 Å². The number of carbonyl (C=O) groups excluding carboxylic acids is 1. The number of halogens is 2. The van der Waals surface area contributed by atoms with Gasteiger partial charge in [-0.2, -0.15) is 0 Å². The first-order valence-electron chi connectivity index (χ1n) is 5.94. The van der Waals surface area contributed by atoms with E-state index in [-0.39, 0.29) is 18.8 Å². The Labute approximate surface area is 123 Å². The highest BCUT2D eigenvalue weighted by molar-refractivity contribution is 9.10. The lowest BCUT2D eigenvalue weighted by molar-refractivity contribution is -0.142. The van der Waals surface area contributed by atoms with Crippen molar-refractivity contribution in [2.24, 2.45) is 5.92 Å². The van der Waals surface area contributed by atoms with Crippen LogP contribution < -0.4 is 0 Å². The fourth-order valence-corrected chi connectivity index (χ4v) is 2.58. The van der Waals surface area contributed by atoms with Gasteiger partial charge in [0.05, 0.1) is 24.8 Å². The standard InChI is InChI=1S/C13H13BrFNO4/c1-16(11-6-20-5-9(11)13(18)19)12(17)8-4-7(15)2-3-10(8)14/h2-4,9,11H,5-6H2,1H3,(H,18,19). The van der Waals surface area contributed by atoms with Gasteiger partial charge in [0.15, 0.2) is 0 Å². The van der Waals surface area contributed by atoms with Gasteiger partial charge in [0.25, 0.3) is 5.91 Å². The zero-order valence-electron chi connectivity index (χ0n) is 10.7. The maximum absolute atomic E-state index is 13.2. The SMILES string of the molecule is CN(C(=O)c1cc(F)ccc1Br)C1COCC1C(=O)O. The number of nitrogens with zero attached hydrogens (tertiary/aromatic N) is 1. The second-order valence-corrected chi connectivity index (χ2v) is 5.44. The van der Waals surface area contributed by atoms with Crippen LogP contribution in [0, 0.1) is 11.7 Å². The Morgan fingerprint density at radius 2 is 2.15 bits per heavy atom. The van der Waals surface area contributed by atoms with Crippen LogP contribution in [0.25, 0.3) is 0 Å². The molecule has 0 saturated carbocycles. The number of amides is 1. The number of hydrogen-bond acceptors (Lipinski definition) is 3. The Kier molecular flexibility index (Phi) is 4.39. The van der Waals surface area contributed by atoms with Crippen LogP contribution in [-0.2, 0) is 9.53 Å². The molecular formula is C13H13BrFNO4. The van der Waals surface area contributed by atoms with Gasteiger partial charge in [-0.05, 0) is 34.1 Å². The summed E-state index contributed by atoms with van der Waals surface area (Å²) < 4.78 is 18.8. The van der Waals surface area contributed by atoms with Crippen LogP contribution in [0.4, 0.5) is 4.39 Å². The number of carboxylic acid groups (broad SMARTS) is 1. The van der Waals surface area contributed by atoms with E-state index in [9.17, 15) is 14.0 Å². The number of carbonyl (C=O) groups is 2. The Morgan fingerprint density at radius 3 is 2.80 bits per heavy atom. The third-order valence-electron chi connectivity index (χ3n) is 3.34. The van der Waals surface area contributed by atoms with E-state index in [0.29, 0.717) is 4.47 Å². The molecule has 1 amide bonds. The summed E-state index contributed by atoms with van der Waals surface area (Å²) in [4.78, 5) is 24.8. The van der Waals surface area contributed by atoms with Crippen LogP contribution in [0.15, 0.2) is 22.7 Å². The van der Waals surface area contributed by atoms with Crippen molar-refractivity contribution >= 4 is 27.8 Å². The summed E-state index contributed by atoms with van der Waals surface area (Å²) in [5.41, 5.74) is 0.156. The Morgan fingerprint density at radius 1 is 1.45 bits per heavy atom. The summed E-state index contributed by atoms with van der Waals surface area (Å²) in [5, 5.41) is 9.10.